The molecule has 2 aliphatic rings. The molecule has 1 nitrogen and oxygen atoms in total. The molecule has 1 heteroatoms. The highest BCUT2D eigenvalue weighted by molar-refractivity contribution is 5.40. The first-order valence-corrected chi connectivity index (χ1v) is 12.6. The van der Waals surface area contributed by atoms with Crippen molar-refractivity contribution in [3.8, 4) is 0 Å². The molecule has 0 radical (unpaired) electrons. The van der Waals surface area contributed by atoms with E-state index >= 15 is 0 Å². The minimum absolute atomic E-state index is 0.782. The van der Waals surface area contributed by atoms with E-state index in [1.54, 1.807) is 0 Å². The number of unbranched alkanes of at least 4 members (excludes halogenated alkanes) is 5. The van der Waals surface area contributed by atoms with Gasteiger partial charge in [0.15, 0.2) is 0 Å². The summed E-state index contributed by atoms with van der Waals surface area (Å²) < 4.78 is 0. The third-order valence-electron chi connectivity index (χ3n) is 7.85. The van der Waals surface area contributed by atoms with E-state index in [0.29, 0.717) is 0 Å². The van der Waals surface area contributed by atoms with Gasteiger partial charge in [0, 0.05) is 5.69 Å². The Morgan fingerprint density at radius 1 is 0.679 bits per heavy atom. The van der Waals surface area contributed by atoms with E-state index in [1.807, 2.05) is 0 Å². The van der Waals surface area contributed by atoms with Crippen molar-refractivity contribution in [3.63, 3.8) is 0 Å². The van der Waals surface area contributed by atoms with Gasteiger partial charge < -0.3 is 5.73 Å². The van der Waals surface area contributed by atoms with Gasteiger partial charge in [-0.25, -0.2) is 0 Å². The summed E-state index contributed by atoms with van der Waals surface area (Å²) in [6.07, 6.45) is 23.6. The first-order chi connectivity index (χ1) is 13.7. The summed E-state index contributed by atoms with van der Waals surface area (Å²) in [6, 6.07) is 8.66. The fraction of sp³-hybridized carbons (Fsp3) is 0.778. The number of anilines is 1. The van der Waals surface area contributed by atoms with Crippen LogP contribution in [0.4, 0.5) is 5.69 Å². The lowest BCUT2D eigenvalue weighted by atomic mass is 9.71. The van der Waals surface area contributed by atoms with E-state index < -0.39 is 0 Å². The maximum Gasteiger partial charge on any atom is 0.0314 e. The van der Waals surface area contributed by atoms with Crippen molar-refractivity contribution in [2.24, 2.45) is 17.8 Å². The Hall–Kier alpha value is -0.980. The highest BCUT2D eigenvalue weighted by Crippen LogP contribution is 2.42. The van der Waals surface area contributed by atoms with Gasteiger partial charge in [0.2, 0.25) is 0 Å². The van der Waals surface area contributed by atoms with Gasteiger partial charge in [-0.2, -0.15) is 0 Å². The molecule has 0 bridgehead atoms. The lowest BCUT2D eigenvalue weighted by Gasteiger charge is -2.34. The van der Waals surface area contributed by atoms with Crippen molar-refractivity contribution >= 4 is 5.69 Å². The van der Waals surface area contributed by atoms with Crippen molar-refractivity contribution < 1.29 is 0 Å². The first-order valence-electron chi connectivity index (χ1n) is 12.6. The molecule has 158 valence electrons. The van der Waals surface area contributed by atoms with Crippen LogP contribution in [0.15, 0.2) is 24.3 Å². The number of hydrogen-bond donors (Lipinski definition) is 1. The van der Waals surface area contributed by atoms with Gasteiger partial charge in [0.05, 0.1) is 0 Å². The molecule has 0 atom stereocenters. The predicted molar refractivity (Wildman–Crippen MR) is 124 cm³/mol. The van der Waals surface area contributed by atoms with Crippen molar-refractivity contribution in [2.45, 2.75) is 116 Å². The monoisotopic (exact) mass is 383 g/mol. The fourth-order valence-electron chi connectivity index (χ4n) is 5.94. The maximum absolute atomic E-state index is 5.84. The molecule has 2 N–H and O–H groups in total. The number of benzene rings is 1. The molecular weight excluding hydrogens is 338 g/mol. The van der Waals surface area contributed by atoms with Crippen LogP contribution in [-0.4, -0.2) is 0 Å². The first kappa shape index (κ1) is 21.7. The second-order valence-corrected chi connectivity index (χ2v) is 10.1. The lowest BCUT2D eigenvalue weighted by molar-refractivity contribution is 0.199. The second kappa shape index (κ2) is 11.9. The molecule has 0 saturated heterocycles. The van der Waals surface area contributed by atoms with Crippen molar-refractivity contribution in [2.75, 3.05) is 5.73 Å². The Balaban J connectivity index is 1.27. The fourth-order valence-corrected chi connectivity index (χ4v) is 5.94. The quantitative estimate of drug-likeness (QED) is 0.318. The molecule has 0 aromatic heterocycles. The summed E-state index contributed by atoms with van der Waals surface area (Å²) in [7, 11) is 0. The van der Waals surface area contributed by atoms with Gasteiger partial charge in [0.25, 0.3) is 0 Å². The Bertz CT molecular complexity index is 518. The van der Waals surface area contributed by atoms with Crippen LogP contribution < -0.4 is 5.73 Å². The number of hydrogen-bond acceptors (Lipinski definition) is 1. The van der Waals surface area contributed by atoms with Crippen LogP contribution in [0.1, 0.15) is 121 Å². The molecule has 2 fully saturated rings. The molecule has 1 aromatic rings. The Kier molecular flexibility index (Phi) is 9.22. The minimum Gasteiger partial charge on any atom is -0.399 e. The third-order valence-corrected chi connectivity index (χ3v) is 7.85. The summed E-state index contributed by atoms with van der Waals surface area (Å²) in [5.41, 5.74) is 8.25. The zero-order valence-corrected chi connectivity index (χ0v) is 18.5. The zero-order chi connectivity index (χ0) is 19.6. The number of rotatable bonds is 10. The van der Waals surface area contributed by atoms with Crippen LogP contribution in [0, 0.1) is 17.8 Å². The topological polar surface area (TPSA) is 26.0 Å². The highest BCUT2D eigenvalue weighted by Gasteiger charge is 2.27. The van der Waals surface area contributed by atoms with Crippen molar-refractivity contribution in [3.05, 3.63) is 29.8 Å². The highest BCUT2D eigenvalue weighted by atomic mass is 14.5. The van der Waals surface area contributed by atoms with Crippen LogP contribution in [0.3, 0.4) is 0 Å². The van der Waals surface area contributed by atoms with Gasteiger partial charge in [0.1, 0.15) is 0 Å². The van der Waals surface area contributed by atoms with Crippen molar-refractivity contribution in [1.82, 2.24) is 0 Å². The molecule has 0 aliphatic heterocycles. The lowest BCUT2D eigenvalue weighted by Crippen LogP contribution is -2.20. The SMILES string of the molecule is CCCCCCCCC1CCC(CC2CCC(c3ccc(N)cc3)CC2)CC1. The Labute approximate surface area is 174 Å². The van der Waals surface area contributed by atoms with Gasteiger partial charge in [-0.15, -0.1) is 0 Å². The molecule has 3 rings (SSSR count). The molecule has 2 saturated carbocycles. The van der Waals surface area contributed by atoms with Crippen LogP contribution in [-0.2, 0) is 0 Å². The summed E-state index contributed by atoms with van der Waals surface area (Å²) in [4.78, 5) is 0. The summed E-state index contributed by atoms with van der Waals surface area (Å²) in [6.45, 7) is 2.31. The Morgan fingerprint density at radius 2 is 1.21 bits per heavy atom. The zero-order valence-electron chi connectivity index (χ0n) is 18.5. The smallest absolute Gasteiger partial charge is 0.0314 e. The van der Waals surface area contributed by atoms with Crippen LogP contribution in [0.25, 0.3) is 0 Å². The molecule has 1 aromatic carbocycles. The Morgan fingerprint density at radius 3 is 1.86 bits per heavy atom. The van der Waals surface area contributed by atoms with Crippen LogP contribution in [0.2, 0.25) is 0 Å². The average molecular weight is 384 g/mol. The van der Waals surface area contributed by atoms with Crippen LogP contribution >= 0.6 is 0 Å². The summed E-state index contributed by atoms with van der Waals surface area (Å²) >= 11 is 0. The second-order valence-electron chi connectivity index (χ2n) is 10.1. The summed E-state index contributed by atoms with van der Waals surface area (Å²) in [5.74, 6) is 3.89. The molecule has 28 heavy (non-hydrogen) atoms. The van der Waals surface area contributed by atoms with Crippen LogP contribution in [0.5, 0.6) is 0 Å². The standard InChI is InChI=1S/C27H45N/c1-2-3-4-5-6-7-8-22-9-11-23(12-10-22)21-24-13-15-25(16-14-24)26-17-19-27(28)20-18-26/h17-20,22-25H,2-16,21,28H2,1H3. The van der Waals surface area contributed by atoms with E-state index in [1.165, 1.54) is 108 Å². The molecule has 2 aliphatic carbocycles. The molecule has 0 unspecified atom stereocenters. The van der Waals surface area contributed by atoms with Gasteiger partial charge in [-0.1, -0.05) is 89.7 Å². The van der Waals surface area contributed by atoms with E-state index in [0.717, 1.165) is 29.4 Å². The largest absolute Gasteiger partial charge is 0.399 e. The normalized spacial score (nSPS) is 28.3. The summed E-state index contributed by atoms with van der Waals surface area (Å²) in [5, 5.41) is 0. The van der Waals surface area contributed by atoms with E-state index in [2.05, 4.69) is 31.2 Å². The molecular formula is C27H45N. The van der Waals surface area contributed by atoms with Gasteiger partial charge in [-0.3, -0.25) is 0 Å². The predicted octanol–water partition coefficient (Wildman–Crippen LogP) is 8.49. The third kappa shape index (κ3) is 7.12. The van der Waals surface area contributed by atoms with E-state index in [-0.39, 0.29) is 0 Å². The molecule has 0 amide bonds. The molecule has 0 spiro atoms. The van der Waals surface area contributed by atoms with Gasteiger partial charge in [-0.05, 0) is 73.5 Å². The number of nitrogen functional groups attached to an aromatic ring is 1. The van der Waals surface area contributed by atoms with E-state index in [9.17, 15) is 0 Å². The number of nitrogens with two attached hydrogens (primary N) is 1. The van der Waals surface area contributed by atoms with Crippen molar-refractivity contribution in [1.29, 1.82) is 0 Å². The maximum atomic E-state index is 5.84. The van der Waals surface area contributed by atoms with E-state index in [4.69, 9.17) is 5.73 Å². The average Bonchev–Trinajstić information content (AvgIpc) is 2.73. The van der Waals surface area contributed by atoms with Gasteiger partial charge >= 0.3 is 0 Å². The molecule has 0 heterocycles. The minimum atomic E-state index is 0.782.